The van der Waals surface area contributed by atoms with Crippen molar-refractivity contribution in [1.82, 2.24) is 5.32 Å². The number of amides is 1. The lowest BCUT2D eigenvalue weighted by Gasteiger charge is -2.14. The van der Waals surface area contributed by atoms with Crippen LogP contribution in [-0.2, 0) is 11.3 Å². The highest BCUT2D eigenvalue weighted by Crippen LogP contribution is 2.28. The van der Waals surface area contributed by atoms with Crippen molar-refractivity contribution in [3.8, 4) is 5.75 Å². The maximum atomic E-state index is 10.9. The van der Waals surface area contributed by atoms with Crippen molar-refractivity contribution >= 4 is 29.1 Å². The first-order chi connectivity index (χ1) is 10.2. The van der Waals surface area contributed by atoms with E-state index in [-0.39, 0.29) is 19.0 Å². The highest BCUT2D eigenvalue weighted by atomic mass is 35.5. The van der Waals surface area contributed by atoms with Crippen LogP contribution in [0.25, 0.3) is 10.8 Å². The van der Waals surface area contributed by atoms with E-state index in [1.54, 1.807) is 0 Å². The molecule has 0 spiro atoms. The smallest absolute Gasteiger partial charge is 0.255 e. The van der Waals surface area contributed by atoms with Crippen LogP contribution >= 0.6 is 12.4 Å². The summed E-state index contributed by atoms with van der Waals surface area (Å²) in [5, 5.41) is 5.73. The predicted octanol–water partition coefficient (Wildman–Crippen LogP) is 3.02. The first kappa shape index (κ1) is 18.3. The molecule has 120 valence electrons. The molecule has 0 atom stereocenters. The Labute approximate surface area is 137 Å². The lowest BCUT2D eigenvalue weighted by molar-refractivity contribution is -0.119. The van der Waals surface area contributed by atoms with E-state index in [4.69, 9.17) is 10.5 Å². The third kappa shape index (κ3) is 4.90. The highest BCUT2D eigenvalue weighted by molar-refractivity contribution is 5.88. The second kappa shape index (κ2) is 9.28. The fourth-order valence-electron chi connectivity index (χ4n) is 2.30. The van der Waals surface area contributed by atoms with E-state index >= 15 is 0 Å². The summed E-state index contributed by atoms with van der Waals surface area (Å²) in [7, 11) is 0. The van der Waals surface area contributed by atoms with Crippen LogP contribution in [0.15, 0.2) is 36.4 Å². The SMILES string of the molecule is CCCCNCc1c(OCC(N)=O)ccc2ccccc12.Cl. The van der Waals surface area contributed by atoms with E-state index < -0.39 is 5.91 Å². The molecular weight excluding hydrogens is 300 g/mol. The molecule has 3 N–H and O–H groups in total. The number of hydrogen-bond donors (Lipinski definition) is 2. The number of carbonyl (C=O) groups is 1. The molecule has 0 heterocycles. The van der Waals surface area contributed by atoms with E-state index in [0.29, 0.717) is 0 Å². The van der Waals surface area contributed by atoms with E-state index in [1.165, 1.54) is 0 Å². The largest absolute Gasteiger partial charge is 0.483 e. The standard InChI is InChI=1S/C17H22N2O2.ClH/c1-2-3-10-19-11-15-14-7-5-4-6-13(14)8-9-16(15)21-12-17(18)20;/h4-9,19H,2-3,10-12H2,1H3,(H2,18,20);1H. The minimum absolute atomic E-state index is 0. The number of halogens is 1. The van der Waals surface area contributed by atoms with Crippen molar-refractivity contribution in [2.45, 2.75) is 26.3 Å². The molecule has 2 aromatic carbocycles. The Hall–Kier alpha value is -1.78. The van der Waals surface area contributed by atoms with Crippen LogP contribution in [-0.4, -0.2) is 19.1 Å². The van der Waals surface area contributed by atoms with E-state index in [1.807, 2.05) is 24.3 Å². The number of hydrogen-bond acceptors (Lipinski definition) is 3. The molecule has 0 fully saturated rings. The lowest BCUT2D eigenvalue weighted by atomic mass is 10.0. The van der Waals surface area contributed by atoms with Crippen LogP contribution in [0.4, 0.5) is 0 Å². The Morgan fingerprint density at radius 1 is 1.23 bits per heavy atom. The van der Waals surface area contributed by atoms with Crippen molar-refractivity contribution in [3.63, 3.8) is 0 Å². The molecule has 0 bridgehead atoms. The number of primary amides is 1. The molecule has 2 rings (SSSR count). The number of ether oxygens (including phenoxy) is 1. The van der Waals surface area contributed by atoms with Crippen molar-refractivity contribution in [1.29, 1.82) is 0 Å². The number of benzene rings is 2. The van der Waals surface area contributed by atoms with E-state index in [9.17, 15) is 4.79 Å². The summed E-state index contributed by atoms with van der Waals surface area (Å²) >= 11 is 0. The van der Waals surface area contributed by atoms with Crippen LogP contribution in [0.5, 0.6) is 5.75 Å². The fourth-order valence-corrected chi connectivity index (χ4v) is 2.30. The molecule has 0 saturated carbocycles. The number of rotatable bonds is 8. The van der Waals surface area contributed by atoms with E-state index in [2.05, 4.69) is 24.4 Å². The van der Waals surface area contributed by atoms with Crippen LogP contribution in [0.2, 0.25) is 0 Å². The first-order valence-electron chi connectivity index (χ1n) is 7.34. The number of unbranched alkanes of at least 4 members (excludes halogenated alkanes) is 1. The van der Waals surface area contributed by atoms with Crippen molar-refractivity contribution in [3.05, 3.63) is 42.0 Å². The van der Waals surface area contributed by atoms with Crippen molar-refractivity contribution in [2.24, 2.45) is 5.73 Å². The molecule has 0 radical (unpaired) electrons. The van der Waals surface area contributed by atoms with E-state index in [0.717, 1.165) is 48.0 Å². The highest BCUT2D eigenvalue weighted by Gasteiger charge is 2.09. The van der Waals surface area contributed by atoms with Crippen molar-refractivity contribution < 1.29 is 9.53 Å². The van der Waals surface area contributed by atoms with Gasteiger partial charge in [0.05, 0.1) is 0 Å². The average Bonchev–Trinajstić information content (AvgIpc) is 2.50. The minimum atomic E-state index is -0.465. The van der Waals surface area contributed by atoms with Gasteiger partial charge in [-0.15, -0.1) is 12.4 Å². The monoisotopic (exact) mass is 322 g/mol. The molecule has 2 aromatic rings. The number of fused-ring (bicyclic) bond motifs is 1. The molecule has 0 aliphatic heterocycles. The third-order valence-corrected chi connectivity index (χ3v) is 3.38. The zero-order valence-corrected chi connectivity index (χ0v) is 13.6. The Morgan fingerprint density at radius 2 is 2.00 bits per heavy atom. The Kier molecular flexibility index (Phi) is 7.71. The van der Waals surface area contributed by atoms with Gasteiger partial charge in [0.2, 0.25) is 0 Å². The quantitative estimate of drug-likeness (QED) is 0.734. The first-order valence-corrected chi connectivity index (χ1v) is 7.34. The zero-order chi connectivity index (χ0) is 15.1. The summed E-state index contributed by atoms with van der Waals surface area (Å²) in [5.41, 5.74) is 6.24. The van der Waals surface area contributed by atoms with Crippen molar-refractivity contribution in [2.75, 3.05) is 13.2 Å². The van der Waals surface area contributed by atoms with Gasteiger partial charge in [-0.1, -0.05) is 43.7 Å². The number of nitrogens with two attached hydrogens (primary N) is 1. The van der Waals surface area contributed by atoms with Gasteiger partial charge < -0.3 is 15.8 Å². The maximum Gasteiger partial charge on any atom is 0.255 e. The molecule has 0 aliphatic carbocycles. The molecule has 5 heteroatoms. The number of carbonyl (C=O) groups excluding carboxylic acids is 1. The van der Waals surface area contributed by atoms with Gasteiger partial charge in [0.1, 0.15) is 5.75 Å². The topological polar surface area (TPSA) is 64.3 Å². The Morgan fingerprint density at radius 3 is 2.73 bits per heavy atom. The molecular formula is C17H23ClN2O2. The summed E-state index contributed by atoms with van der Waals surface area (Å²) in [4.78, 5) is 10.9. The van der Waals surface area contributed by atoms with Gasteiger partial charge in [0.25, 0.3) is 5.91 Å². The summed E-state index contributed by atoms with van der Waals surface area (Å²) in [5.74, 6) is 0.254. The van der Waals surface area contributed by atoms with Crippen LogP contribution in [0, 0.1) is 0 Å². The summed E-state index contributed by atoms with van der Waals surface area (Å²) in [6.45, 7) is 3.76. The summed E-state index contributed by atoms with van der Waals surface area (Å²) in [6, 6.07) is 12.1. The van der Waals surface area contributed by atoms with Crippen LogP contribution in [0.3, 0.4) is 0 Å². The normalized spacial score (nSPS) is 10.2. The molecule has 0 aromatic heterocycles. The van der Waals surface area contributed by atoms with Gasteiger partial charge in [-0.3, -0.25) is 4.79 Å². The van der Waals surface area contributed by atoms with Crippen LogP contribution in [0.1, 0.15) is 25.3 Å². The maximum absolute atomic E-state index is 10.9. The Balaban J connectivity index is 0.00000242. The predicted molar refractivity (Wildman–Crippen MR) is 92.5 cm³/mol. The molecule has 0 unspecified atom stereocenters. The molecule has 0 aliphatic rings. The number of nitrogens with one attached hydrogen (secondary N) is 1. The van der Waals surface area contributed by atoms with Gasteiger partial charge in [-0.05, 0) is 29.8 Å². The Bertz CT molecular complexity index is 617. The minimum Gasteiger partial charge on any atom is -0.483 e. The second-order valence-corrected chi connectivity index (χ2v) is 5.05. The van der Waals surface area contributed by atoms with Gasteiger partial charge in [-0.2, -0.15) is 0 Å². The molecule has 1 amide bonds. The average molecular weight is 323 g/mol. The van der Waals surface area contributed by atoms with Gasteiger partial charge in [0.15, 0.2) is 6.61 Å². The zero-order valence-electron chi connectivity index (χ0n) is 12.8. The fraction of sp³-hybridized carbons (Fsp3) is 0.353. The van der Waals surface area contributed by atoms with Crippen LogP contribution < -0.4 is 15.8 Å². The third-order valence-electron chi connectivity index (χ3n) is 3.38. The van der Waals surface area contributed by atoms with Gasteiger partial charge >= 0.3 is 0 Å². The second-order valence-electron chi connectivity index (χ2n) is 5.05. The molecule has 22 heavy (non-hydrogen) atoms. The lowest BCUT2D eigenvalue weighted by Crippen LogP contribution is -2.21. The summed E-state index contributed by atoms with van der Waals surface area (Å²) < 4.78 is 5.55. The van der Waals surface area contributed by atoms with Gasteiger partial charge in [0, 0.05) is 12.1 Å². The molecule has 0 saturated heterocycles. The molecule has 4 nitrogen and oxygen atoms in total. The summed E-state index contributed by atoms with van der Waals surface area (Å²) in [6.07, 6.45) is 2.30. The van der Waals surface area contributed by atoms with Gasteiger partial charge in [-0.25, -0.2) is 0 Å².